The van der Waals surface area contributed by atoms with Crippen LogP contribution < -0.4 is 15.8 Å². The number of rotatable bonds is 7. The summed E-state index contributed by atoms with van der Waals surface area (Å²) >= 11 is 0. The Morgan fingerprint density at radius 2 is 1.95 bits per heavy atom. The molecule has 0 saturated carbocycles. The molecular weight excluding hydrogens is 247 g/mol. The van der Waals surface area contributed by atoms with Crippen LogP contribution in [0.5, 0.6) is 5.75 Å². The van der Waals surface area contributed by atoms with Gasteiger partial charge in [0.15, 0.2) is 11.6 Å². The number of hydrogen-bond acceptors (Lipinski definition) is 4. The van der Waals surface area contributed by atoms with Gasteiger partial charge in [0.1, 0.15) is 0 Å². The first-order valence-electron chi connectivity index (χ1n) is 6.63. The standard InChI is InChI=1S/C14H23FN2O2/c1-4-14(18,5-2)9-17-12-8-13(19-6-3)10(15)7-11(12)16/h7-8,17-18H,4-6,9,16H2,1-3H3. The van der Waals surface area contributed by atoms with Gasteiger partial charge in [0.2, 0.25) is 0 Å². The van der Waals surface area contributed by atoms with Gasteiger partial charge in [-0.1, -0.05) is 13.8 Å². The lowest BCUT2D eigenvalue weighted by Crippen LogP contribution is -2.35. The quantitative estimate of drug-likeness (QED) is 0.666. The Kier molecular flexibility index (Phi) is 5.42. The molecule has 0 radical (unpaired) electrons. The molecule has 4 nitrogen and oxygen atoms in total. The van der Waals surface area contributed by atoms with Gasteiger partial charge >= 0.3 is 0 Å². The molecule has 0 aliphatic carbocycles. The van der Waals surface area contributed by atoms with Crippen LogP contribution in [0.25, 0.3) is 0 Å². The molecule has 0 aliphatic heterocycles. The fraction of sp³-hybridized carbons (Fsp3) is 0.571. The van der Waals surface area contributed by atoms with E-state index in [1.165, 1.54) is 12.1 Å². The van der Waals surface area contributed by atoms with Crippen molar-refractivity contribution in [2.24, 2.45) is 0 Å². The first-order chi connectivity index (χ1) is 8.95. The summed E-state index contributed by atoms with van der Waals surface area (Å²) in [4.78, 5) is 0. The summed E-state index contributed by atoms with van der Waals surface area (Å²) in [7, 11) is 0. The molecule has 0 fully saturated rings. The first kappa shape index (κ1) is 15.6. The molecule has 1 aromatic rings. The van der Waals surface area contributed by atoms with Crippen molar-refractivity contribution in [3.8, 4) is 5.75 Å². The van der Waals surface area contributed by atoms with E-state index in [4.69, 9.17) is 10.5 Å². The largest absolute Gasteiger partial charge is 0.491 e. The number of benzene rings is 1. The smallest absolute Gasteiger partial charge is 0.167 e. The van der Waals surface area contributed by atoms with Gasteiger partial charge in [0, 0.05) is 18.7 Å². The lowest BCUT2D eigenvalue weighted by atomic mass is 9.97. The van der Waals surface area contributed by atoms with Crippen molar-refractivity contribution >= 4 is 11.4 Å². The van der Waals surface area contributed by atoms with E-state index in [9.17, 15) is 9.50 Å². The molecule has 0 unspecified atom stereocenters. The summed E-state index contributed by atoms with van der Waals surface area (Å²) in [6.45, 7) is 6.38. The van der Waals surface area contributed by atoms with E-state index < -0.39 is 11.4 Å². The van der Waals surface area contributed by atoms with Crippen LogP contribution in [0.3, 0.4) is 0 Å². The number of nitrogen functional groups attached to an aromatic ring is 1. The van der Waals surface area contributed by atoms with Crippen LogP contribution in [0.4, 0.5) is 15.8 Å². The Morgan fingerprint density at radius 3 is 2.47 bits per heavy atom. The SMILES string of the molecule is CCOc1cc(NCC(O)(CC)CC)c(N)cc1F. The maximum atomic E-state index is 13.5. The van der Waals surface area contributed by atoms with Gasteiger partial charge < -0.3 is 20.9 Å². The number of halogens is 1. The monoisotopic (exact) mass is 270 g/mol. The molecule has 4 N–H and O–H groups in total. The highest BCUT2D eigenvalue weighted by Crippen LogP contribution is 2.29. The van der Waals surface area contributed by atoms with Crippen LogP contribution in [-0.2, 0) is 0 Å². The number of anilines is 2. The second-order valence-electron chi connectivity index (χ2n) is 4.59. The minimum absolute atomic E-state index is 0.163. The fourth-order valence-corrected chi connectivity index (χ4v) is 1.75. The van der Waals surface area contributed by atoms with Crippen molar-refractivity contribution in [1.82, 2.24) is 0 Å². The zero-order valence-electron chi connectivity index (χ0n) is 11.8. The lowest BCUT2D eigenvalue weighted by molar-refractivity contribution is 0.0457. The third kappa shape index (κ3) is 3.99. The Labute approximate surface area is 113 Å². The van der Waals surface area contributed by atoms with Crippen molar-refractivity contribution < 1.29 is 14.2 Å². The molecule has 0 bridgehead atoms. The number of aliphatic hydroxyl groups is 1. The molecule has 1 aromatic carbocycles. The molecule has 0 spiro atoms. The number of nitrogens with two attached hydrogens (primary N) is 1. The number of ether oxygens (including phenoxy) is 1. The minimum Gasteiger partial charge on any atom is -0.491 e. The normalized spacial score (nSPS) is 11.4. The van der Waals surface area contributed by atoms with Crippen molar-refractivity contribution in [3.63, 3.8) is 0 Å². The van der Waals surface area contributed by atoms with Crippen molar-refractivity contribution in [2.75, 3.05) is 24.2 Å². The molecule has 0 amide bonds. The zero-order chi connectivity index (χ0) is 14.5. The van der Waals surface area contributed by atoms with E-state index >= 15 is 0 Å². The summed E-state index contributed by atoms with van der Waals surface area (Å²) in [6, 6.07) is 2.75. The average molecular weight is 270 g/mol. The van der Waals surface area contributed by atoms with E-state index in [0.717, 1.165) is 0 Å². The summed E-state index contributed by atoms with van der Waals surface area (Å²) in [5, 5.41) is 13.3. The average Bonchev–Trinajstić information content (AvgIpc) is 2.40. The summed E-state index contributed by atoms with van der Waals surface area (Å²) in [5.74, 6) is -0.318. The van der Waals surface area contributed by atoms with Gasteiger partial charge in [-0.2, -0.15) is 0 Å². The van der Waals surface area contributed by atoms with Crippen molar-refractivity contribution in [2.45, 2.75) is 39.2 Å². The molecule has 0 aliphatic rings. The third-order valence-corrected chi connectivity index (χ3v) is 3.33. The van der Waals surface area contributed by atoms with Crippen LogP contribution in [0, 0.1) is 5.82 Å². The highest BCUT2D eigenvalue weighted by molar-refractivity contribution is 5.68. The van der Waals surface area contributed by atoms with E-state index in [1.807, 2.05) is 13.8 Å². The van der Waals surface area contributed by atoms with Gasteiger partial charge in [0.05, 0.1) is 23.6 Å². The minimum atomic E-state index is -0.785. The van der Waals surface area contributed by atoms with Gasteiger partial charge in [0.25, 0.3) is 0 Å². The third-order valence-electron chi connectivity index (χ3n) is 3.33. The molecule has 0 atom stereocenters. The van der Waals surface area contributed by atoms with Gasteiger partial charge in [-0.05, 0) is 19.8 Å². The molecule has 0 saturated heterocycles. The topological polar surface area (TPSA) is 67.5 Å². The number of hydrogen-bond donors (Lipinski definition) is 3. The second-order valence-corrected chi connectivity index (χ2v) is 4.59. The number of nitrogens with one attached hydrogen (secondary N) is 1. The fourth-order valence-electron chi connectivity index (χ4n) is 1.75. The molecule has 19 heavy (non-hydrogen) atoms. The Hall–Kier alpha value is -1.49. The molecule has 0 aromatic heterocycles. The van der Waals surface area contributed by atoms with Crippen LogP contribution >= 0.6 is 0 Å². The predicted molar refractivity (Wildman–Crippen MR) is 76.0 cm³/mol. The maximum Gasteiger partial charge on any atom is 0.167 e. The van der Waals surface area contributed by atoms with Crippen LogP contribution in [-0.4, -0.2) is 23.9 Å². The molecule has 5 heteroatoms. The highest BCUT2D eigenvalue weighted by Gasteiger charge is 2.22. The van der Waals surface area contributed by atoms with E-state index in [1.54, 1.807) is 6.92 Å². The Bertz CT molecular complexity index is 420. The summed E-state index contributed by atoms with van der Waals surface area (Å²) in [6.07, 6.45) is 1.27. The predicted octanol–water partition coefficient (Wildman–Crippen LogP) is 2.77. The summed E-state index contributed by atoms with van der Waals surface area (Å²) < 4.78 is 18.7. The van der Waals surface area contributed by atoms with Gasteiger partial charge in [-0.15, -0.1) is 0 Å². The maximum absolute atomic E-state index is 13.5. The lowest BCUT2D eigenvalue weighted by Gasteiger charge is -2.26. The summed E-state index contributed by atoms with van der Waals surface area (Å²) in [5.41, 5.74) is 5.85. The zero-order valence-corrected chi connectivity index (χ0v) is 11.8. The first-order valence-corrected chi connectivity index (χ1v) is 6.63. The van der Waals surface area contributed by atoms with Crippen molar-refractivity contribution in [3.05, 3.63) is 17.9 Å². The van der Waals surface area contributed by atoms with Crippen LogP contribution in [0.15, 0.2) is 12.1 Å². The van der Waals surface area contributed by atoms with E-state index in [0.29, 0.717) is 37.4 Å². The van der Waals surface area contributed by atoms with E-state index in [-0.39, 0.29) is 5.75 Å². The molecule has 1 rings (SSSR count). The Morgan fingerprint density at radius 1 is 1.32 bits per heavy atom. The molecule has 0 heterocycles. The van der Waals surface area contributed by atoms with Gasteiger partial charge in [-0.3, -0.25) is 0 Å². The van der Waals surface area contributed by atoms with Crippen LogP contribution in [0.2, 0.25) is 0 Å². The molecule has 108 valence electrons. The Balaban J connectivity index is 2.86. The van der Waals surface area contributed by atoms with Crippen LogP contribution in [0.1, 0.15) is 33.6 Å². The van der Waals surface area contributed by atoms with Crippen molar-refractivity contribution in [1.29, 1.82) is 0 Å². The van der Waals surface area contributed by atoms with Gasteiger partial charge in [-0.25, -0.2) is 4.39 Å². The van der Waals surface area contributed by atoms with E-state index in [2.05, 4.69) is 5.32 Å². The molecular formula is C14H23FN2O2. The highest BCUT2D eigenvalue weighted by atomic mass is 19.1. The second kappa shape index (κ2) is 6.61.